The van der Waals surface area contributed by atoms with Crippen molar-refractivity contribution in [3.8, 4) is 0 Å². The highest BCUT2D eigenvalue weighted by Crippen LogP contribution is 2.26. The summed E-state index contributed by atoms with van der Waals surface area (Å²) in [5, 5.41) is 8.87. The number of carboxylic acids is 1. The third-order valence-electron chi connectivity index (χ3n) is 3.07. The molecule has 1 heterocycles. The first kappa shape index (κ1) is 13.0. The average Bonchev–Trinajstić information content (AvgIpc) is 2.86. The first-order valence-electron chi connectivity index (χ1n) is 5.65. The maximum absolute atomic E-state index is 11.9. The van der Waals surface area contributed by atoms with Gasteiger partial charge in [0.05, 0.1) is 12.1 Å². The molecule has 18 heavy (non-hydrogen) atoms. The van der Waals surface area contributed by atoms with E-state index in [2.05, 4.69) is 14.7 Å². The van der Waals surface area contributed by atoms with E-state index in [1.165, 1.54) is 6.20 Å². The van der Waals surface area contributed by atoms with Crippen LogP contribution in [0, 0.1) is 12.8 Å². The minimum atomic E-state index is -3.63. The van der Waals surface area contributed by atoms with E-state index in [4.69, 9.17) is 5.11 Å². The number of nitrogens with zero attached hydrogens (tertiary/aromatic N) is 1. The van der Waals surface area contributed by atoms with Crippen molar-refractivity contribution in [1.29, 1.82) is 0 Å². The number of imidazole rings is 1. The molecular weight excluding hydrogens is 258 g/mol. The van der Waals surface area contributed by atoms with E-state index in [0.29, 0.717) is 25.1 Å². The Balaban J connectivity index is 2.04. The summed E-state index contributed by atoms with van der Waals surface area (Å²) in [7, 11) is -3.63. The molecule has 100 valence electrons. The van der Waals surface area contributed by atoms with Crippen molar-refractivity contribution < 1.29 is 18.3 Å². The summed E-state index contributed by atoms with van der Waals surface area (Å²) in [5.41, 5.74) is 0. The first-order valence-corrected chi connectivity index (χ1v) is 7.13. The van der Waals surface area contributed by atoms with Crippen molar-refractivity contribution in [3.05, 3.63) is 12.0 Å². The molecule has 1 aliphatic carbocycles. The Morgan fingerprint density at radius 1 is 1.56 bits per heavy atom. The van der Waals surface area contributed by atoms with Gasteiger partial charge in [-0.2, -0.15) is 0 Å². The molecule has 1 saturated carbocycles. The lowest BCUT2D eigenvalue weighted by Crippen LogP contribution is -2.33. The number of carboxylic acid groups (broad SMARTS) is 1. The lowest BCUT2D eigenvalue weighted by molar-refractivity contribution is -0.141. The second-order valence-corrected chi connectivity index (χ2v) is 6.18. The summed E-state index contributed by atoms with van der Waals surface area (Å²) in [6, 6.07) is -0.320. The highest BCUT2D eigenvalue weighted by molar-refractivity contribution is 7.89. The standard InChI is InChI=1S/C10H15N3O4S/c1-6-11-5-9(12-6)18(16,17)13-8-3-2-7(4-8)10(14)15/h5,7-8,13H,2-4H2,1H3,(H,11,12)(H,14,15)/t7-,8+/m1/s1. The van der Waals surface area contributed by atoms with Crippen LogP contribution in [0.4, 0.5) is 0 Å². The molecule has 0 radical (unpaired) electrons. The zero-order chi connectivity index (χ0) is 13.3. The highest BCUT2D eigenvalue weighted by Gasteiger charge is 2.32. The van der Waals surface area contributed by atoms with Crippen LogP contribution in [0.3, 0.4) is 0 Å². The number of H-pyrrole nitrogens is 1. The van der Waals surface area contributed by atoms with E-state index < -0.39 is 21.9 Å². The van der Waals surface area contributed by atoms with Crippen molar-refractivity contribution in [2.75, 3.05) is 0 Å². The molecule has 2 atom stereocenters. The monoisotopic (exact) mass is 273 g/mol. The molecule has 0 amide bonds. The van der Waals surface area contributed by atoms with Crippen LogP contribution in [0.2, 0.25) is 0 Å². The molecule has 7 nitrogen and oxygen atoms in total. The van der Waals surface area contributed by atoms with E-state index in [9.17, 15) is 13.2 Å². The number of aryl methyl sites for hydroxylation is 1. The van der Waals surface area contributed by atoms with E-state index in [0.717, 1.165) is 0 Å². The van der Waals surface area contributed by atoms with Gasteiger partial charge < -0.3 is 10.1 Å². The largest absolute Gasteiger partial charge is 0.481 e. The molecule has 1 aromatic rings. The molecule has 0 aliphatic heterocycles. The minimum absolute atomic E-state index is 0.0128. The van der Waals surface area contributed by atoms with Gasteiger partial charge in [0.2, 0.25) is 0 Å². The van der Waals surface area contributed by atoms with Crippen molar-refractivity contribution in [2.24, 2.45) is 5.92 Å². The van der Waals surface area contributed by atoms with Crippen molar-refractivity contribution in [3.63, 3.8) is 0 Å². The molecule has 0 saturated heterocycles. The smallest absolute Gasteiger partial charge is 0.306 e. The van der Waals surface area contributed by atoms with Crippen molar-refractivity contribution >= 4 is 16.0 Å². The number of aromatic amines is 1. The van der Waals surface area contributed by atoms with E-state index in [1.807, 2.05) is 0 Å². The van der Waals surface area contributed by atoms with Crippen LogP contribution in [-0.2, 0) is 14.8 Å². The van der Waals surface area contributed by atoms with Crippen LogP contribution >= 0.6 is 0 Å². The summed E-state index contributed by atoms with van der Waals surface area (Å²) in [5.74, 6) is -0.805. The number of aliphatic carboxylic acids is 1. The summed E-state index contributed by atoms with van der Waals surface area (Å²) in [6.07, 6.45) is 2.64. The molecule has 1 fully saturated rings. The Bertz CT molecular complexity index is 551. The van der Waals surface area contributed by atoms with E-state index in [-0.39, 0.29) is 11.1 Å². The topological polar surface area (TPSA) is 112 Å². The molecule has 8 heteroatoms. The molecule has 0 aromatic carbocycles. The van der Waals surface area contributed by atoms with Gasteiger partial charge in [0.25, 0.3) is 10.0 Å². The fraction of sp³-hybridized carbons (Fsp3) is 0.600. The third kappa shape index (κ3) is 2.70. The zero-order valence-electron chi connectivity index (χ0n) is 9.88. The fourth-order valence-electron chi connectivity index (χ4n) is 2.13. The third-order valence-corrected chi connectivity index (χ3v) is 4.50. The normalized spacial score (nSPS) is 24.3. The van der Waals surface area contributed by atoms with Gasteiger partial charge in [0.1, 0.15) is 5.82 Å². The maximum Gasteiger partial charge on any atom is 0.306 e. The number of aromatic nitrogens is 2. The summed E-state index contributed by atoms with van der Waals surface area (Å²) >= 11 is 0. The molecule has 0 unspecified atom stereocenters. The number of carbonyl (C=O) groups is 1. The SMILES string of the molecule is Cc1ncc(S(=O)(=O)N[C@H]2CC[C@@H](C(=O)O)C2)[nH]1. The molecule has 3 N–H and O–H groups in total. The second-order valence-electron chi connectivity index (χ2n) is 4.50. The van der Waals surface area contributed by atoms with Crippen LogP contribution < -0.4 is 4.72 Å². The summed E-state index contributed by atoms with van der Waals surface area (Å²) in [4.78, 5) is 17.3. The van der Waals surface area contributed by atoms with Crippen LogP contribution in [0.1, 0.15) is 25.1 Å². The Morgan fingerprint density at radius 3 is 2.78 bits per heavy atom. The Morgan fingerprint density at radius 2 is 2.28 bits per heavy atom. The van der Waals surface area contributed by atoms with Gasteiger partial charge >= 0.3 is 5.97 Å². The predicted molar refractivity (Wildman–Crippen MR) is 62.4 cm³/mol. The van der Waals surface area contributed by atoms with Gasteiger partial charge in [-0.15, -0.1) is 0 Å². The molecular formula is C10H15N3O4S. The average molecular weight is 273 g/mol. The van der Waals surface area contributed by atoms with Crippen LogP contribution in [0.5, 0.6) is 0 Å². The van der Waals surface area contributed by atoms with Crippen LogP contribution in [0.15, 0.2) is 11.2 Å². The second kappa shape index (κ2) is 4.69. The predicted octanol–water partition coefficient (Wildman–Crippen LogP) is 0.250. The zero-order valence-corrected chi connectivity index (χ0v) is 10.7. The first-order chi connectivity index (χ1) is 8.38. The quantitative estimate of drug-likeness (QED) is 0.728. The van der Waals surface area contributed by atoms with Gasteiger partial charge in [-0.05, 0) is 26.2 Å². The molecule has 2 rings (SSSR count). The molecule has 0 spiro atoms. The van der Waals surface area contributed by atoms with Crippen LogP contribution in [0.25, 0.3) is 0 Å². The van der Waals surface area contributed by atoms with Gasteiger partial charge in [-0.3, -0.25) is 4.79 Å². The summed E-state index contributed by atoms with van der Waals surface area (Å²) in [6.45, 7) is 1.66. The number of nitrogens with one attached hydrogen (secondary N) is 2. The number of sulfonamides is 1. The van der Waals surface area contributed by atoms with Crippen molar-refractivity contribution in [1.82, 2.24) is 14.7 Å². The van der Waals surface area contributed by atoms with E-state index >= 15 is 0 Å². The molecule has 0 bridgehead atoms. The Hall–Kier alpha value is -1.41. The van der Waals surface area contributed by atoms with Gasteiger partial charge in [0.15, 0.2) is 5.03 Å². The highest BCUT2D eigenvalue weighted by atomic mass is 32.2. The van der Waals surface area contributed by atoms with Gasteiger partial charge in [0, 0.05) is 6.04 Å². The molecule has 1 aromatic heterocycles. The number of hydrogen-bond donors (Lipinski definition) is 3. The number of rotatable bonds is 4. The Kier molecular flexibility index (Phi) is 3.40. The van der Waals surface area contributed by atoms with E-state index in [1.54, 1.807) is 6.92 Å². The molecule has 1 aliphatic rings. The van der Waals surface area contributed by atoms with Crippen LogP contribution in [-0.4, -0.2) is 35.5 Å². The Labute approximate surface area is 105 Å². The minimum Gasteiger partial charge on any atom is -0.481 e. The van der Waals surface area contributed by atoms with Gasteiger partial charge in [-0.25, -0.2) is 18.1 Å². The number of hydrogen-bond acceptors (Lipinski definition) is 4. The maximum atomic E-state index is 11.9. The van der Waals surface area contributed by atoms with Gasteiger partial charge in [-0.1, -0.05) is 0 Å². The lowest BCUT2D eigenvalue weighted by atomic mass is 10.1. The lowest BCUT2D eigenvalue weighted by Gasteiger charge is -2.11. The summed E-state index contributed by atoms with van der Waals surface area (Å²) < 4.78 is 26.4. The fourth-order valence-corrected chi connectivity index (χ4v) is 3.38. The van der Waals surface area contributed by atoms with Crippen molar-refractivity contribution in [2.45, 2.75) is 37.3 Å².